The highest BCUT2D eigenvalue weighted by Gasteiger charge is 2.64. The van der Waals surface area contributed by atoms with E-state index in [9.17, 15) is 5.11 Å². The molecule has 8 atom stereocenters. The van der Waals surface area contributed by atoms with E-state index in [2.05, 4.69) is 32.5 Å². The van der Waals surface area contributed by atoms with Crippen molar-refractivity contribution >= 4 is 11.8 Å². The fraction of sp³-hybridized carbons (Fsp3) is 1.00. The molecular weight excluding hydrogens is 300 g/mol. The minimum absolute atomic E-state index is 0.194. The molecule has 1 N–H and O–H groups in total. The number of hydrogen-bond acceptors (Lipinski definition) is 2. The maximum atomic E-state index is 11.0. The summed E-state index contributed by atoms with van der Waals surface area (Å²) >= 11 is 2.26. The molecule has 1 saturated heterocycles. The molecule has 0 aromatic rings. The van der Waals surface area contributed by atoms with Crippen LogP contribution in [0.15, 0.2) is 0 Å². The summed E-state index contributed by atoms with van der Waals surface area (Å²) in [6.45, 7) is 7.23. The van der Waals surface area contributed by atoms with Crippen molar-refractivity contribution in [1.29, 1.82) is 0 Å². The average molecular weight is 335 g/mol. The van der Waals surface area contributed by atoms with Gasteiger partial charge >= 0.3 is 0 Å². The van der Waals surface area contributed by atoms with Crippen molar-refractivity contribution in [3.63, 3.8) is 0 Å². The second-order valence-corrected chi connectivity index (χ2v) is 12.0. The molecule has 5 fully saturated rings. The molecule has 1 aliphatic heterocycles. The molecule has 0 aromatic carbocycles. The third-order valence-corrected chi connectivity index (χ3v) is 11.4. The number of hydrogen-bond donors (Lipinski definition) is 1. The molecule has 4 aliphatic carbocycles. The highest BCUT2D eigenvalue weighted by molar-refractivity contribution is 8.07. The molecule has 1 nitrogen and oxygen atoms in total. The van der Waals surface area contributed by atoms with E-state index in [0.717, 1.165) is 34.8 Å². The van der Waals surface area contributed by atoms with Gasteiger partial charge in [-0.1, -0.05) is 13.8 Å². The Hall–Kier alpha value is 0.310. The molecule has 1 heterocycles. The van der Waals surface area contributed by atoms with Crippen LogP contribution in [0.25, 0.3) is 0 Å². The number of thioether (sulfide) groups is 1. The zero-order valence-electron chi connectivity index (χ0n) is 15.2. The van der Waals surface area contributed by atoms with Crippen molar-refractivity contribution in [2.24, 2.45) is 34.5 Å². The first-order chi connectivity index (χ1) is 10.8. The van der Waals surface area contributed by atoms with Crippen LogP contribution >= 0.6 is 11.8 Å². The van der Waals surface area contributed by atoms with Gasteiger partial charge in [0.25, 0.3) is 0 Å². The van der Waals surface area contributed by atoms with Gasteiger partial charge < -0.3 is 5.11 Å². The zero-order chi connectivity index (χ0) is 16.1. The highest BCUT2D eigenvalue weighted by Crippen LogP contribution is 2.71. The monoisotopic (exact) mass is 334 g/mol. The van der Waals surface area contributed by atoms with E-state index in [1.165, 1.54) is 57.1 Å². The Kier molecular flexibility index (Phi) is 3.06. The van der Waals surface area contributed by atoms with E-state index < -0.39 is 5.60 Å². The molecule has 1 spiro atoms. The fourth-order valence-electron chi connectivity index (χ4n) is 7.92. The van der Waals surface area contributed by atoms with E-state index >= 15 is 0 Å². The predicted octanol–water partition coefficient (Wildman–Crippen LogP) is 5.27. The summed E-state index contributed by atoms with van der Waals surface area (Å²) in [5.41, 5.74) is 0.397. The lowest BCUT2D eigenvalue weighted by molar-refractivity contribution is -0.146. The minimum atomic E-state index is -0.415. The third-order valence-electron chi connectivity index (χ3n) is 9.92. The Balaban J connectivity index is 1.45. The topological polar surface area (TPSA) is 20.2 Å². The van der Waals surface area contributed by atoms with Crippen molar-refractivity contribution in [1.82, 2.24) is 0 Å². The largest absolute Gasteiger partial charge is 0.390 e. The van der Waals surface area contributed by atoms with Gasteiger partial charge in [-0.15, -0.1) is 0 Å². The molecule has 130 valence electrons. The molecule has 0 radical (unpaired) electrons. The van der Waals surface area contributed by atoms with Crippen molar-refractivity contribution in [3.05, 3.63) is 0 Å². The van der Waals surface area contributed by atoms with E-state index in [1.54, 1.807) is 0 Å². The Labute approximate surface area is 146 Å². The molecule has 5 aliphatic rings. The van der Waals surface area contributed by atoms with Gasteiger partial charge in [0.1, 0.15) is 0 Å². The standard InChI is InChI=1S/C21H34OS/c1-18-10-11-21(13-23-21)12-14(18)4-5-15-16(18)6-8-19(2)17(15)7-9-20(19,3)22/h14-17,22H,4-13H2,1-3H3/t14-,15+,16+,17-,18+,19+,20+,21+/m1/s1. The molecule has 4 saturated carbocycles. The summed E-state index contributed by atoms with van der Waals surface area (Å²) in [4.78, 5) is 0. The summed E-state index contributed by atoms with van der Waals surface area (Å²) in [5.74, 6) is 5.11. The van der Waals surface area contributed by atoms with Crippen LogP contribution in [0.5, 0.6) is 0 Å². The van der Waals surface area contributed by atoms with Gasteiger partial charge in [0.2, 0.25) is 0 Å². The summed E-state index contributed by atoms with van der Waals surface area (Å²) < 4.78 is 0.733. The zero-order valence-corrected chi connectivity index (χ0v) is 16.1. The van der Waals surface area contributed by atoms with Gasteiger partial charge in [-0.05, 0) is 99.2 Å². The van der Waals surface area contributed by atoms with Gasteiger partial charge in [-0.25, -0.2) is 0 Å². The quantitative estimate of drug-likeness (QED) is 0.609. The highest BCUT2D eigenvalue weighted by atomic mass is 32.2. The van der Waals surface area contributed by atoms with Gasteiger partial charge in [-0.3, -0.25) is 0 Å². The van der Waals surface area contributed by atoms with Crippen LogP contribution in [0.2, 0.25) is 0 Å². The molecule has 5 rings (SSSR count). The summed E-state index contributed by atoms with van der Waals surface area (Å²) in [5, 5.41) is 11.0. The predicted molar refractivity (Wildman–Crippen MR) is 97.5 cm³/mol. The Morgan fingerprint density at radius 1 is 0.870 bits per heavy atom. The Bertz CT molecular complexity index is 524. The van der Waals surface area contributed by atoms with Crippen molar-refractivity contribution in [2.75, 3.05) is 5.75 Å². The number of fused-ring (bicyclic) bond motifs is 5. The van der Waals surface area contributed by atoms with Crippen LogP contribution in [0, 0.1) is 34.5 Å². The van der Waals surface area contributed by atoms with Gasteiger partial charge in [0, 0.05) is 10.5 Å². The van der Waals surface area contributed by atoms with E-state index in [-0.39, 0.29) is 5.41 Å². The smallest absolute Gasteiger partial charge is 0.0675 e. The van der Waals surface area contributed by atoms with Crippen molar-refractivity contribution < 1.29 is 5.11 Å². The van der Waals surface area contributed by atoms with Crippen LogP contribution in [0.3, 0.4) is 0 Å². The molecular formula is C21H34OS. The molecule has 0 bridgehead atoms. The van der Waals surface area contributed by atoms with E-state index in [0.29, 0.717) is 5.41 Å². The van der Waals surface area contributed by atoms with E-state index in [1.807, 2.05) is 0 Å². The molecule has 23 heavy (non-hydrogen) atoms. The van der Waals surface area contributed by atoms with Gasteiger partial charge in [0.05, 0.1) is 5.60 Å². The lowest BCUT2D eigenvalue weighted by atomic mass is 9.44. The van der Waals surface area contributed by atoms with Crippen molar-refractivity contribution in [2.45, 2.75) is 88.9 Å². The SMILES string of the molecule is C[C@]12CC[C@@]3(CS3)C[C@H]1CC[C@@H]1[C@H]3CC[C@](C)(O)[C@@]3(C)CC[C@@H]12. The average Bonchev–Trinajstić information content (AvgIpc) is 3.21. The maximum Gasteiger partial charge on any atom is 0.0675 e. The lowest BCUT2D eigenvalue weighted by Gasteiger charge is -2.61. The molecule has 2 heteroatoms. The summed E-state index contributed by atoms with van der Waals surface area (Å²) in [7, 11) is 0. The van der Waals surface area contributed by atoms with Crippen LogP contribution < -0.4 is 0 Å². The normalized spacial score (nSPS) is 64.2. The Morgan fingerprint density at radius 3 is 2.35 bits per heavy atom. The summed E-state index contributed by atoms with van der Waals surface area (Å²) in [6, 6.07) is 0. The molecule has 0 aromatic heterocycles. The van der Waals surface area contributed by atoms with Crippen LogP contribution in [0.4, 0.5) is 0 Å². The Morgan fingerprint density at radius 2 is 1.61 bits per heavy atom. The number of aliphatic hydroxyl groups is 1. The van der Waals surface area contributed by atoms with Crippen LogP contribution in [0.1, 0.15) is 78.6 Å². The minimum Gasteiger partial charge on any atom is -0.390 e. The van der Waals surface area contributed by atoms with Crippen LogP contribution in [-0.4, -0.2) is 21.2 Å². The molecule has 0 amide bonds. The van der Waals surface area contributed by atoms with Gasteiger partial charge in [-0.2, -0.15) is 11.8 Å². The number of rotatable bonds is 0. The lowest BCUT2D eigenvalue weighted by Crippen LogP contribution is -2.56. The first-order valence-electron chi connectivity index (χ1n) is 10.2. The second kappa shape index (κ2) is 4.53. The van der Waals surface area contributed by atoms with Crippen LogP contribution in [-0.2, 0) is 0 Å². The second-order valence-electron chi connectivity index (χ2n) is 10.6. The maximum absolute atomic E-state index is 11.0. The van der Waals surface area contributed by atoms with Crippen molar-refractivity contribution in [3.8, 4) is 0 Å². The first-order valence-corrected chi connectivity index (χ1v) is 11.1. The summed E-state index contributed by atoms with van der Waals surface area (Å²) in [6.07, 6.45) is 12.4. The first kappa shape index (κ1) is 15.6. The fourth-order valence-corrected chi connectivity index (χ4v) is 8.95. The third kappa shape index (κ3) is 1.92. The molecule has 0 unspecified atom stereocenters. The van der Waals surface area contributed by atoms with Gasteiger partial charge in [0.15, 0.2) is 0 Å². The van der Waals surface area contributed by atoms with E-state index in [4.69, 9.17) is 0 Å².